The van der Waals surface area contributed by atoms with Gasteiger partial charge >= 0.3 is 0 Å². The number of aliphatic hydroxyl groups is 1. The van der Waals surface area contributed by atoms with Crippen LogP contribution < -0.4 is 10.1 Å². The third kappa shape index (κ3) is 5.49. The molecule has 1 aliphatic carbocycles. The molecule has 0 amide bonds. The summed E-state index contributed by atoms with van der Waals surface area (Å²) < 4.78 is 11.9. The topological polar surface area (TPSA) is 50.7 Å². The van der Waals surface area contributed by atoms with Crippen molar-refractivity contribution in [3.63, 3.8) is 0 Å². The van der Waals surface area contributed by atoms with E-state index in [2.05, 4.69) is 21.2 Å². The predicted octanol–water partition coefficient (Wildman–Crippen LogP) is 3.58. The average Bonchev–Trinajstić information content (AvgIpc) is 2.53. The van der Waals surface area contributed by atoms with Gasteiger partial charge in [-0.1, -0.05) is 19.3 Å². The van der Waals surface area contributed by atoms with Crippen LogP contribution in [0.1, 0.15) is 32.1 Å². The molecule has 0 saturated heterocycles. The number of hydrogen-bond acceptors (Lipinski definition) is 4. The smallest absolute Gasteiger partial charge is 0.135 e. The fourth-order valence-corrected chi connectivity index (χ4v) is 2.95. The van der Waals surface area contributed by atoms with Gasteiger partial charge in [0.15, 0.2) is 0 Å². The lowest BCUT2D eigenvalue weighted by Gasteiger charge is -2.23. The number of aliphatic hydroxyl groups excluding tert-OH is 1. The molecule has 1 saturated carbocycles. The first-order chi connectivity index (χ1) is 10.2. The highest BCUT2D eigenvalue weighted by Crippen LogP contribution is 2.27. The molecule has 1 unspecified atom stereocenters. The monoisotopic (exact) mass is 357 g/mol. The van der Waals surface area contributed by atoms with Gasteiger partial charge in [0.1, 0.15) is 5.75 Å². The largest absolute Gasteiger partial charge is 0.495 e. The van der Waals surface area contributed by atoms with Crippen LogP contribution >= 0.6 is 15.9 Å². The quantitative estimate of drug-likeness (QED) is 0.782. The van der Waals surface area contributed by atoms with Crippen molar-refractivity contribution in [3.05, 3.63) is 22.7 Å². The Bertz CT molecular complexity index is 436. The summed E-state index contributed by atoms with van der Waals surface area (Å²) in [4.78, 5) is 0. The first kappa shape index (κ1) is 16.6. The number of ether oxygens (including phenoxy) is 2. The maximum absolute atomic E-state index is 9.99. The third-order valence-corrected chi connectivity index (χ3v) is 4.42. The molecule has 5 heteroatoms. The van der Waals surface area contributed by atoms with Crippen LogP contribution in [0, 0.1) is 0 Å². The van der Waals surface area contributed by atoms with E-state index in [1.54, 1.807) is 7.11 Å². The Labute approximate surface area is 135 Å². The van der Waals surface area contributed by atoms with E-state index < -0.39 is 6.10 Å². The number of methoxy groups -OCH3 is 1. The molecular weight excluding hydrogens is 334 g/mol. The average molecular weight is 358 g/mol. The summed E-state index contributed by atoms with van der Waals surface area (Å²) in [6.07, 6.45) is 5.90. The fraction of sp³-hybridized carbons (Fsp3) is 0.625. The van der Waals surface area contributed by atoms with Crippen LogP contribution in [0.15, 0.2) is 22.7 Å². The maximum atomic E-state index is 9.99. The summed E-state index contributed by atoms with van der Waals surface area (Å²) in [6, 6.07) is 5.77. The molecule has 2 N–H and O–H groups in total. The van der Waals surface area contributed by atoms with Gasteiger partial charge in [0.05, 0.1) is 30.4 Å². The molecule has 1 atom stereocenters. The van der Waals surface area contributed by atoms with E-state index in [0.717, 1.165) is 28.8 Å². The molecule has 1 aromatic carbocycles. The van der Waals surface area contributed by atoms with Gasteiger partial charge < -0.3 is 19.9 Å². The number of hydrogen-bond donors (Lipinski definition) is 2. The van der Waals surface area contributed by atoms with Crippen LogP contribution in [-0.4, -0.2) is 37.6 Å². The van der Waals surface area contributed by atoms with Gasteiger partial charge in [-0.3, -0.25) is 0 Å². The second kappa shape index (κ2) is 8.61. The Kier molecular flexibility index (Phi) is 6.80. The first-order valence-corrected chi connectivity index (χ1v) is 8.35. The van der Waals surface area contributed by atoms with Gasteiger partial charge in [-0.15, -0.1) is 0 Å². The molecular formula is C16H24BrNO3. The zero-order chi connectivity index (χ0) is 15.1. The van der Waals surface area contributed by atoms with Crippen molar-refractivity contribution in [3.8, 4) is 5.75 Å². The highest BCUT2D eigenvalue weighted by Gasteiger charge is 2.15. The van der Waals surface area contributed by atoms with Crippen LogP contribution in [0.25, 0.3) is 0 Å². The lowest BCUT2D eigenvalue weighted by molar-refractivity contribution is -0.0195. The van der Waals surface area contributed by atoms with Gasteiger partial charge in [0.2, 0.25) is 0 Å². The van der Waals surface area contributed by atoms with Crippen LogP contribution in [0.4, 0.5) is 5.69 Å². The van der Waals surface area contributed by atoms with E-state index in [4.69, 9.17) is 9.47 Å². The number of anilines is 1. The van der Waals surface area contributed by atoms with E-state index >= 15 is 0 Å². The number of nitrogens with one attached hydrogen (secondary N) is 1. The Balaban J connectivity index is 1.71. The Morgan fingerprint density at radius 3 is 2.81 bits per heavy atom. The molecule has 0 radical (unpaired) electrons. The van der Waals surface area contributed by atoms with Gasteiger partial charge in [0.25, 0.3) is 0 Å². The first-order valence-electron chi connectivity index (χ1n) is 7.56. The zero-order valence-electron chi connectivity index (χ0n) is 12.5. The van der Waals surface area contributed by atoms with E-state index in [0.29, 0.717) is 19.3 Å². The molecule has 0 aromatic heterocycles. The minimum absolute atomic E-state index is 0.334. The van der Waals surface area contributed by atoms with Crippen LogP contribution in [0.2, 0.25) is 0 Å². The second-order valence-electron chi connectivity index (χ2n) is 5.48. The summed E-state index contributed by atoms with van der Waals surface area (Å²) in [5.41, 5.74) is 0.923. The molecule has 4 nitrogen and oxygen atoms in total. The lowest BCUT2D eigenvalue weighted by atomic mass is 9.98. The molecule has 1 aromatic rings. The Morgan fingerprint density at radius 1 is 1.33 bits per heavy atom. The summed E-state index contributed by atoms with van der Waals surface area (Å²) in [7, 11) is 1.64. The summed E-state index contributed by atoms with van der Waals surface area (Å²) in [5, 5.41) is 13.2. The number of rotatable bonds is 7. The normalized spacial score (nSPS) is 17.5. The van der Waals surface area contributed by atoms with Crippen molar-refractivity contribution in [1.29, 1.82) is 0 Å². The number of halogens is 1. The van der Waals surface area contributed by atoms with E-state index in [1.165, 1.54) is 19.3 Å². The van der Waals surface area contributed by atoms with E-state index in [1.807, 2.05) is 18.2 Å². The molecule has 0 bridgehead atoms. The van der Waals surface area contributed by atoms with Crippen molar-refractivity contribution >= 4 is 21.6 Å². The summed E-state index contributed by atoms with van der Waals surface area (Å²) in [5.74, 6) is 0.771. The third-order valence-electron chi connectivity index (χ3n) is 3.77. The molecule has 1 fully saturated rings. The molecule has 0 aliphatic heterocycles. The van der Waals surface area contributed by atoms with E-state index in [-0.39, 0.29) is 0 Å². The minimum atomic E-state index is -0.499. The van der Waals surface area contributed by atoms with Gasteiger partial charge in [-0.05, 0) is 40.9 Å². The molecule has 118 valence electrons. The summed E-state index contributed by atoms with van der Waals surface area (Å²) in [6.45, 7) is 0.864. The SMILES string of the molecule is COc1cc(NCC(O)COC2CCCCC2)ccc1Br. The molecule has 21 heavy (non-hydrogen) atoms. The number of benzene rings is 1. The lowest BCUT2D eigenvalue weighted by Crippen LogP contribution is -2.28. The van der Waals surface area contributed by atoms with E-state index in [9.17, 15) is 5.11 Å². The molecule has 2 rings (SSSR count). The van der Waals surface area contributed by atoms with Gasteiger partial charge in [-0.2, -0.15) is 0 Å². The van der Waals surface area contributed by atoms with Crippen LogP contribution in [-0.2, 0) is 4.74 Å². The van der Waals surface area contributed by atoms with Crippen molar-refractivity contribution in [2.24, 2.45) is 0 Å². The van der Waals surface area contributed by atoms with Crippen molar-refractivity contribution < 1.29 is 14.6 Å². The predicted molar refractivity (Wildman–Crippen MR) is 88.0 cm³/mol. The van der Waals surface area contributed by atoms with Crippen molar-refractivity contribution in [1.82, 2.24) is 0 Å². The van der Waals surface area contributed by atoms with Crippen molar-refractivity contribution in [2.75, 3.05) is 25.6 Å². The van der Waals surface area contributed by atoms with Crippen molar-refractivity contribution in [2.45, 2.75) is 44.3 Å². The Hall–Kier alpha value is -0.780. The highest BCUT2D eigenvalue weighted by molar-refractivity contribution is 9.10. The molecule has 1 aliphatic rings. The minimum Gasteiger partial charge on any atom is -0.495 e. The van der Waals surface area contributed by atoms with Crippen LogP contribution in [0.5, 0.6) is 5.75 Å². The summed E-state index contributed by atoms with van der Waals surface area (Å²) >= 11 is 3.42. The van der Waals surface area contributed by atoms with Gasteiger partial charge in [-0.25, -0.2) is 0 Å². The van der Waals surface area contributed by atoms with Crippen LogP contribution in [0.3, 0.4) is 0 Å². The zero-order valence-corrected chi connectivity index (χ0v) is 14.1. The van der Waals surface area contributed by atoms with Gasteiger partial charge in [0, 0.05) is 18.3 Å². The molecule has 0 spiro atoms. The Morgan fingerprint density at radius 2 is 2.10 bits per heavy atom. The standard InChI is InChI=1S/C16H24BrNO3/c1-20-16-9-12(7-8-15(16)17)18-10-13(19)11-21-14-5-3-2-4-6-14/h7-9,13-14,18-19H,2-6,10-11H2,1H3. The second-order valence-corrected chi connectivity index (χ2v) is 6.33. The molecule has 0 heterocycles. The highest BCUT2D eigenvalue weighted by atomic mass is 79.9. The fourth-order valence-electron chi connectivity index (χ4n) is 2.54. The maximum Gasteiger partial charge on any atom is 0.135 e.